The average molecular weight is 539 g/mol. The molecule has 9 nitrogen and oxygen atoms in total. The fraction of sp³-hybridized carbons (Fsp3) is 0.222. The predicted octanol–water partition coefficient (Wildman–Crippen LogP) is 4.75. The maximum atomic E-state index is 13.0. The van der Waals surface area contributed by atoms with E-state index in [9.17, 15) is 22.8 Å². The second kappa shape index (κ2) is 11.4. The van der Waals surface area contributed by atoms with Crippen molar-refractivity contribution in [2.24, 2.45) is 0 Å². The number of amides is 2. The Bertz CT molecular complexity index is 1530. The van der Waals surface area contributed by atoms with E-state index >= 15 is 0 Å². The van der Waals surface area contributed by atoms with Gasteiger partial charge in [0, 0.05) is 42.9 Å². The third-order valence-corrected chi connectivity index (χ3v) is 5.79. The lowest BCUT2D eigenvalue weighted by molar-refractivity contribution is -0.137. The number of pyridine rings is 1. The van der Waals surface area contributed by atoms with Gasteiger partial charge in [-0.1, -0.05) is 18.2 Å². The lowest BCUT2D eigenvalue weighted by Crippen LogP contribution is -2.26. The third kappa shape index (κ3) is 6.29. The number of ether oxygens (including phenoxy) is 1. The highest BCUT2D eigenvalue weighted by atomic mass is 19.4. The number of fused-ring (bicyclic) bond motifs is 1. The molecule has 0 saturated carbocycles. The first-order chi connectivity index (χ1) is 18.6. The van der Waals surface area contributed by atoms with Crippen LogP contribution in [0.15, 0.2) is 67.1 Å². The lowest BCUT2D eigenvalue weighted by Gasteiger charge is -2.11. The Kier molecular flexibility index (Phi) is 8.05. The summed E-state index contributed by atoms with van der Waals surface area (Å²) in [5, 5.41) is 5.27. The maximum absolute atomic E-state index is 13.0. The second-order valence-electron chi connectivity index (χ2n) is 8.60. The minimum absolute atomic E-state index is 0.210. The summed E-state index contributed by atoms with van der Waals surface area (Å²) in [6.07, 6.45) is 2.82. The van der Waals surface area contributed by atoms with Crippen LogP contribution >= 0.6 is 0 Å². The molecule has 39 heavy (non-hydrogen) atoms. The zero-order valence-electron chi connectivity index (χ0n) is 21.3. The van der Waals surface area contributed by atoms with Crippen LogP contribution in [0.1, 0.15) is 40.4 Å². The number of hydrogen-bond acceptors (Lipinski definition) is 6. The fourth-order valence-corrected chi connectivity index (χ4v) is 3.95. The number of nitrogens with zero attached hydrogens (tertiary/aromatic N) is 4. The molecule has 0 aliphatic carbocycles. The minimum atomic E-state index is -4.55. The summed E-state index contributed by atoms with van der Waals surface area (Å²) in [5.41, 5.74) is 2.03. The number of hydrogen-bond donors (Lipinski definition) is 2. The van der Waals surface area contributed by atoms with Gasteiger partial charge < -0.3 is 15.4 Å². The van der Waals surface area contributed by atoms with E-state index in [0.29, 0.717) is 29.4 Å². The van der Waals surface area contributed by atoms with Crippen LogP contribution in [0.2, 0.25) is 0 Å². The van der Waals surface area contributed by atoms with Crippen LogP contribution in [0.3, 0.4) is 0 Å². The smallest absolute Gasteiger partial charge is 0.381 e. The first-order valence-electron chi connectivity index (χ1n) is 11.8. The number of imidazole rings is 1. The Balaban J connectivity index is 1.59. The van der Waals surface area contributed by atoms with Crippen LogP contribution in [-0.2, 0) is 15.7 Å². The second-order valence-corrected chi connectivity index (χ2v) is 8.60. The van der Waals surface area contributed by atoms with Gasteiger partial charge in [0.1, 0.15) is 11.6 Å². The monoisotopic (exact) mass is 538 g/mol. The Labute approximate surface area is 221 Å². The van der Waals surface area contributed by atoms with Crippen molar-refractivity contribution >= 4 is 23.1 Å². The molecule has 12 heteroatoms. The molecule has 3 aromatic heterocycles. The molecule has 2 N–H and O–H groups in total. The summed E-state index contributed by atoms with van der Waals surface area (Å²) in [7, 11) is 1.53. The van der Waals surface area contributed by atoms with E-state index in [1.807, 2.05) is 18.2 Å². The predicted molar refractivity (Wildman–Crippen MR) is 138 cm³/mol. The highest BCUT2D eigenvalue weighted by Crippen LogP contribution is 2.31. The lowest BCUT2D eigenvalue weighted by atomic mass is 10.1. The molecule has 0 radical (unpaired) electrons. The van der Waals surface area contributed by atoms with Gasteiger partial charge in [0.15, 0.2) is 0 Å². The van der Waals surface area contributed by atoms with Gasteiger partial charge in [-0.25, -0.2) is 9.97 Å². The van der Waals surface area contributed by atoms with Crippen LogP contribution < -0.4 is 10.6 Å². The molecule has 1 aromatic carbocycles. The van der Waals surface area contributed by atoms with E-state index in [4.69, 9.17) is 9.72 Å². The number of carbonyl (C=O) groups excluding carboxylic acids is 2. The van der Waals surface area contributed by atoms with Crippen LogP contribution in [0.4, 0.5) is 19.0 Å². The van der Waals surface area contributed by atoms with Gasteiger partial charge in [-0.2, -0.15) is 13.2 Å². The molecule has 1 unspecified atom stereocenters. The van der Waals surface area contributed by atoms with E-state index in [1.165, 1.54) is 13.2 Å². The van der Waals surface area contributed by atoms with E-state index in [1.54, 1.807) is 42.7 Å². The maximum Gasteiger partial charge on any atom is 0.416 e. The first-order valence-corrected chi connectivity index (χ1v) is 11.8. The summed E-state index contributed by atoms with van der Waals surface area (Å²) >= 11 is 0. The van der Waals surface area contributed by atoms with Gasteiger partial charge in [0.2, 0.25) is 5.91 Å². The van der Waals surface area contributed by atoms with E-state index in [0.717, 1.165) is 23.8 Å². The van der Waals surface area contributed by atoms with Gasteiger partial charge in [-0.05, 0) is 38.1 Å². The molecule has 0 saturated heterocycles. The van der Waals surface area contributed by atoms with E-state index in [2.05, 4.69) is 20.6 Å². The molecule has 0 bridgehead atoms. The van der Waals surface area contributed by atoms with Gasteiger partial charge in [-0.15, -0.1) is 0 Å². The van der Waals surface area contributed by atoms with Gasteiger partial charge in [0.05, 0.1) is 35.1 Å². The molecule has 4 rings (SSSR count). The van der Waals surface area contributed by atoms with Gasteiger partial charge in [0.25, 0.3) is 5.91 Å². The average Bonchev–Trinajstić information content (AvgIpc) is 3.30. The Morgan fingerprint density at radius 3 is 2.56 bits per heavy atom. The van der Waals surface area contributed by atoms with Crippen molar-refractivity contribution in [2.45, 2.75) is 26.1 Å². The standard InChI is InChI=1S/C27H25F3N6O3/c1-16-24-23(35-25(36(24)13-12-31-16)17(2)33-22(37)5-4-14-39-3)18-6-8-19(9-7-18)26(38)34-21-15-20(10-11-32-21)27(28,29)30/h4-13,15,17H,14H2,1-3H3,(H,33,37)(H,32,34,38). The van der Waals surface area contributed by atoms with Crippen molar-refractivity contribution in [1.82, 2.24) is 24.7 Å². The van der Waals surface area contributed by atoms with Crippen LogP contribution in [0, 0.1) is 6.92 Å². The van der Waals surface area contributed by atoms with Crippen molar-refractivity contribution < 1.29 is 27.5 Å². The van der Waals surface area contributed by atoms with Crippen molar-refractivity contribution in [3.8, 4) is 11.3 Å². The topological polar surface area (TPSA) is 111 Å². The number of carbonyl (C=O) groups is 2. The first kappa shape index (κ1) is 27.5. The molecule has 3 heterocycles. The van der Waals surface area contributed by atoms with Crippen LogP contribution in [0.25, 0.3) is 16.8 Å². The van der Waals surface area contributed by atoms with E-state index < -0.39 is 23.7 Å². The minimum Gasteiger partial charge on any atom is -0.381 e. The molecule has 0 spiro atoms. The summed E-state index contributed by atoms with van der Waals surface area (Å²) in [6, 6.07) is 7.61. The number of rotatable bonds is 8. The highest BCUT2D eigenvalue weighted by molar-refractivity contribution is 6.04. The summed E-state index contributed by atoms with van der Waals surface area (Å²) < 4.78 is 45.7. The van der Waals surface area contributed by atoms with E-state index in [-0.39, 0.29) is 17.3 Å². The number of benzene rings is 1. The zero-order chi connectivity index (χ0) is 28.2. The molecule has 4 aromatic rings. The molecule has 0 fully saturated rings. The number of nitrogens with one attached hydrogen (secondary N) is 2. The Hall–Kier alpha value is -4.58. The Morgan fingerprint density at radius 1 is 1.13 bits per heavy atom. The number of aryl methyl sites for hydroxylation is 1. The summed E-state index contributed by atoms with van der Waals surface area (Å²) in [5.74, 6) is -0.538. The van der Waals surface area contributed by atoms with Gasteiger partial charge in [-0.3, -0.25) is 19.0 Å². The fourth-order valence-electron chi connectivity index (χ4n) is 3.95. The Morgan fingerprint density at radius 2 is 1.87 bits per heavy atom. The summed E-state index contributed by atoms with van der Waals surface area (Å²) in [4.78, 5) is 37.9. The SMILES string of the molecule is COCC=CC(=O)NC(C)c1nc(-c2ccc(C(=O)Nc3cc(C(F)(F)F)ccn3)cc2)c2c(C)nccn12. The molecule has 0 aliphatic rings. The molecular weight excluding hydrogens is 513 g/mol. The normalized spacial score (nSPS) is 12.6. The molecule has 1 atom stereocenters. The molecular formula is C27H25F3N6O3. The molecule has 2 amide bonds. The molecule has 202 valence electrons. The number of halogens is 3. The number of alkyl halides is 3. The van der Waals surface area contributed by atoms with Crippen LogP contribution in [0.5, 0.6) is 0 Å². The van der Waals surface area contributed by atoms with Crippen molar-refractivity contribution in [2.75, 3.05) is 19.0 Å². The highest BCUT2D eigenvalue weighted by Gasteiger charge is 2.31. The number of methoxy groups -OCH3 is 1. The quantitative estimate of drug-likeness (QED) is 0.313. The van der Waals surface area contributed by atoms with Crippen LogP contribution in [-0.4, -0.2) is 44.9 Å². The molecule has 0 aliphatic heterocycles. The van der Waals surface area contributed by atoms with Crippen molar-refractivity contribution in [3.63, 3.8) is 0 Å². The van der Waals surface area contributed by atoms with Gasteiger partial charge >= 0.3 is 6.18 Å². The number of anilines is 1. The largest absolute Gasteiger partial charge is 0.416 e. The zero-order valence-corrected chi connectivity index (χ0v) is 21.3. The number of aromatic nitrogens is 4. The van der Waals surface area contributed by atoms with Crippen molar-refractivity contribution in [1.29, 1.82) is 0 Å². The summed E-state index contributed by atoms with van der Waals surface area (Å²) in [6.45, 7) is 3.96. The van der Waals surface area contributed by atoms with Crippen molar-refractivity contribution in [3.05, 3.63) is 89.8 Å². The third-order valence-electron chi connectivity index (χ3n) is 5.79.